The van der Waals surface area contributed by atoms with E-state index >= 15 is 0 Å². The predicted octanol–water partition coefficient (Wildman–Crippen LogP) is 4.50. The lowest BCUT2D eigenvalue weighted by molar-refractivity contribution is 0.102. The van der Waals surface area contributed by atoms with E-state index in [1.54, 1.807) is 23.0 Å². The van der Waals surface area contributed by atoms with E-state index < -0.39 is 0 Å². The molecule has 0 fully saturated rings. The Hall–Kier alpha value is -2.99. The maximum atomic E-state index is 13.2. The van der Waals surface area contributed by atoms with Gasteiger partial charge in [-0.15, -0.1) is 0 Å². The molecule has 3 rings (SSSR count). The molecule has 0 saturated carbocycles. The van der Waals surface area contributed by atoms with Crippen molar-refractivity contribution in [2.75, 3.05) is 11.9 Å². The van der Waals surface area contributed by atoms with Gasteiger partial charge in [0.05, 0.1) is 23.1 Å². The van der Waals surface area contributed by atoms with Crippen molar-refractivity contribution in [1.82, 2.24) is 15.1 Å². The van der Waals surface area contributed by atoms with E-state index in [0.29, 0.717) is 5.56 Å². The second kappa shape index (κ2) is 8.80. The lowest BCUT2D eigenvalue weighted by atomic mass is 10.0. The van der Waals surface area contributed by atoms with Crippen LogP contribution in [0.2, 0.25) is 0 Å². The molecule has 0 unspecified atom stereocenters. The van der Waals surface area contributed by atoms with Crippen molar-refractivity contribution in [1.29, 1.82) is 0 Å². The van der Waals surface area contributed by atoms with Crippen LogP contribution in [0.25, 0.3) is 5.69 Å². The van der Waals surface area contributed by atoms with Crippen LogP contribution in [0.1, 0.15) is 48.3 Å². The molecule has 0 spiro atoms. The molecule has 6 heteroatoms. The summed E-state index contributed by atoms with van der Waals surface area (Å²) in [4.78, 5) is 12.9. The lowest BCUT2D eigenvalue weighted by Crippen LogP contribution is -2.16. The average molecular weight is 380 g/mol. The molecule has 0 aliphatic heterocycles. The zero-order valence-corrected chi connectivity index (χ0v) is 16.4. The Morgan fingerprint density at radius 1 is 1.18 bits per heavy atom. The largest absolute Gasteiger partial charge is 0.322 e. The number of amides is 1. The number of benzene rings is 2. The van der Waals surface area contributed by atoms with Gasteiger partial charge in [0, 0.05) is 12.2 Å². The Balaban J connectivity index is 1.87. The Bertz CT molecular complexity index is 947. The number of hydrogen-bond acceptors (Lipinski definition) is 3. The molecule has 3 aromatic rings. The number of carbonyl (C=O) groups excluding carboxylic acids is 1. The van der Waals surface area contributed by atoms with Crippen molar-refractivity contribution in [3.05, 3.63) is 77.4 Å². The van der Waals surface area contributed by atoms with Gasteiger partial charge in [-0.25, -0.2) is 9.07 Å². The van der Waals surface area contributed by atoms with E-state index in [1.807, 2.05) is 38.1 Å². The Labute approximate surface area is 164 Å². The van der Waals surface area contributed by atoms with Gasteiger partial charge in [0.25, 0.3) is 5.91 Å². The summed E-state index contributed by atoms with van der Waals surface area (Å²) >= 11 is 0. The molecule has 0 atom stereocenters. The first-order chi connectivity index (χ1) is 13.5. The first-order valence-electron chi connectivity index (χ1n) is 9.44. The normalized spacial score (nSPS) is 11.0. The highest BCUT2D eigenvalue weighted by Crippen LogP contribution is 2.24. The van der Waals surface area contributed by atoms with Crippen molar-refractivity contribution in [2.24, 2.45) is 0 Å². The molecule has 0 aliphatic rings. The zero-order valence-electron chi connectivity index (χ0n) is 16.4. The van der Waals surface area contributed by atoms with Crippen LogP contribution in [-0.2, 0) is 6.54 Å². The highest BCUT2D eigenvalue weighted by molar-refractivity contribution is 6.05. The highest BCUT2D eigenvalue weighted by atomic mass is 19.1. The Kier molecular flexibility index (Phi) is 6.21. The minimum atomic E-state index is -0.308. The second-order valence-corrected chi connectivity index (χ2v) is 6.92. The number of halogens is 1. The molecule has 1 heterocycles. The number of nitrogens with zero attached hydrogens (tertiary/aromatic N) is 2. The fourth-order valence-corrected chi connectivity index (χ4v) is 3.10. The summed E-state index contributed by atoms with van der Waals surface area (Å²) in [5, 5.41) is 10.6. The van der Waals surface area contributed by atoms with Gasteiger partial charge >= 0.3 is 0 Å². The molecule has 0 bridgehead atoms. The van der Waals surface area contributed by atoms with Crippen LogP contribution in [-0.4, -0.2) is 22.2 Å². The van der Waals surface area contributed by atoms with E-state index in [-0.39, 0.29) is 17.6 Å². The number of carbonyl (C=O) groups is 1. The minimum Gasteiger partial charge on any atom is -0.322 e. The monoisotopic (exact) mass is 380 g/mol. The third-order valence-corrected chi connectivity index (χ3v) is 4.43. The third kappa shape index (κ3) is 4.46. The highest BCUT2D eigenvalue weighted by Gasteiger charge is 2.21. The molecule has 5 nitrogen and oxygen atoms in total. The molecule has 2 aromatic carbocycles. The van der Waals surface area contributed by atoms with Gasteiger partial charge in [-0.05, 0) is 54.4 Å². The van der Waals surface area contributed by atoms with Crippen LogP contribution < -0.4 is 10.6 Å². The number of rotatable bonds is 7. The van der Waals surface area contributed by atoms with E-state index in [4.69, 9.17) is 0 Å². The summed E-state index contributed by atoms with van der Waals surface area (Å²) in [6.45, 7) is 7.70. The molecular weight excluding hydrogens is 355 g/mol. The van der Waals surface area contributed by atoms with E-state index in [2.05, 4.69) is 22.7 Å². The van der Waals surface area contributed by atoms with Gasteiger partial charge < -0.3 is 10.6 Å². The van der Waals surface area contributed by atoms with Crippen LogP contribution in [0, 0.1) is 5.82 Å². The molecule has 0 aliphatic carbocycles. The van der Waals surface area contributed by atoms with Crippen LogP contribution in [0.4, 0.5) is 10.1 Å². The van der Waals surface area contributed by atoms with Crippen LogP contribution >= 0.6 is 0 Å². The van der Waals surface area contributed by atoms with Gasteiger partial charge in [0.2, 0.25) is 0 Å². The van der Waals surface area contributed by atoms with Crippen molar-refractivity contribution in [3.63, 3.8) is 0 Å². The first-order valence-corrected chi connectivity index (χ1v) is 9.44. The first kappa shape index (κ1) is 19.8. The quantitative estimate of drug-likeness (QED) is 0.635. The van der Waals surface area contributed by atoms with Crippen molar-refractivity contribution >= 4 is 11.6 Å². The van der Waals surface area contributed by atoms with Gasteiger partial charge in [-0.1, -0.05) is 32.9 Å². The average Bonchev–Trinajstić information content (AvgIpc) is 3.13. The van der Waals surface area contributed by atoms with Gasteiger partial charge in [0.15, 0.2) is 0 Å². The predicted molar refractivity (Wildman–Crippen MR) is 109 cm³/mol. The van der Waals surface area contributed by atoms with Gasteiger partial charge in [-0.2, -0.15) is 5.10 Å². The summed E-state index contributed by atoms with van der Waals surface area (Å²) in [5.41, 5.74) is 3.86. The number of hydrogen-bond donors (Lipinski definition) is 2. The van der Waals surface area contributed by atoms with E-state index in [0.717, 1.165) is 35.7 Å². The Morgan fingerprint density at radius 2 is 1.93 bits per heavy atom. The molecule has 146 valence electrons. The van der Waals surface area contributed by atoms with Gasteiger partial charge in [-0.3, -0.25) is 4.79 Å². The fraction of sp³-hybridized carbons (Fsp3) is 0.273. The fourth-order valence-electron chi connectivity index (χ4n) is 3.10. The molecule has 2 N–H and O–H groups in total. The number of aromatic nitrogens is 2. The summed E-state index contributed by atoms with van der Waals surface area (Å²) in [7, 11) is 0. The van der Waals surface area contributed by atoms with E-state index in [9.17, 15) is 9.18 Å². The number of nitrogens with one attached hydrogen (secondary N) is 2. The molecule has 1 amide bonds. The summed E-state index contributed by atoms with van der Waals surface area (Å²) in [6.07, 6.45) is 1.57. The molecule has 0 saturated heterocycles. The van der Waals surface area contributed by atoms with Crippen LogP contribution in [0.3, 0.4) is 0 Å². The van der Waals surface area contributed by atoms with Crippen LogP contribution in [0.5, 0.6) is 0 Å². The SMILES string of the molecule is CCNCc1cccc(NC(=O)c2cnn(-c3ccc(F)cc3)c2C(C)C)c1. The van der Waals surface area contributed by atoms with Crippen molar-refractivity contribution in [3.8, 4) is 5.69 Å². The minimum absolute atomic E-state index is 0.0633. The third-order valence-electron chi connectivity index (χ3n) is 4.43. The van der Waals surface area contributed by atoms with Gasteiger partial charge in [0.1, 0.15) is 5.82 Å². The standard InChI is InChI=1S/C22H25FN4O/c1-4-24-13-16-6-5-7-18(12-16)26-22(28)20-14-25-27(21(20)15(2)3)19-10-8-17(23)9-11-19/h5-12,14-15,24H,4,13H2,1-3H3,(H,26,28). The number of anilines is 1. The summed E-state index contributed by atoms with van der Waals surface area (Å²) < 4.78 is 14.9. The lowest BCUT2D eigenvalue weighted by Gasteiger charge is -2.13. The molecule has 1 aromatic heterocycles. The van der Waals surface area contributed by atoms with E-state index in [1.165, 1.54) is 12.1 Å². The van der Waals surface area contributed by atoms with Crippen molar-refractivity contribution < 1.29 is 9.18 Å². The van der Waals surface area contributed by atoms with Crippen molar-refractivity contribution in [2.45, 2.75) is 33.2 Å². The molecular formula is C22H25FN4O. The zero-order chi connectivity index (χ0) is 20.1. The molecule has 28 heavy (non-hydrogen) atoms. The second-order valence-electron chi connectivity index (χ2n) is 6.92. The Morgan fingerprint density at radius 3 is 2.61 bits per heavy atom. The molecule has 0 radical (unpaired) electrons. The maximum Gasteiger partial charge on any atom is 0.259 e. The van der Waals surface area contributed by atoms with Crippen LogP contribution in [0.15, 0.2) is 54.7 Å². The maximum absolute atomic E-state index is 13.2. The summed E-state index contributed by atoms with van der Waals surface area (Å²) in [5.74, 6) is -0.455. The topological polar surface area (TPSA) is 58.9 Å². The smallest absolute Gasteiger partial charge is 0.259 e. The summed E-state index contributed by atoms with van der Waals surface area (Å²) in [6, 6.07) is 13.8.